The second kappa shape index (κ2) is 4.80. The van der Waals surface area contributed by atoms with Crippen LogP contribution in [0.3, 0.4) is 0 Å². The van der Waals surface area contributed by atoms with Crippen molar-refractivity contribution in [3.8, 4) is 0 Å². The molecule has 4 heteroatoms. The molecule has 0 aliphatic heterocycles. The second-order valence-electron chi connectivity index (χ2n) is 4.07. The van der Waals surface area contributed by atoms with Gasteiger partial charge < -0.3 is 10.3 Å². The van der Waals surface area contributed by atoms with E-state index >= 15 is 0 Å². The highest BCUT2D eigenvalue weighted by atomic mass is 35.5. The third-order valence-electron chi connectivity index (χ3n) is 2.78. The Morgan fingerprint density at radius 3 is 2.94 bits per heavy atom. The summed E-state index contributed by atoms with van der Waals surface area (Å²) < 4.78 is 0. The van der Waals surface area contributed by atoms with Crippen LogP contribution in [0.25, 0.3) is 10.9 Å². The Morgan fingerprint density at radius 1 is 1.47 bits per heavy atom. The zero-order valence-electron chi connectivity index (χ0n) is 9.93. The topological polar surface area (TPSA) is 44.9 Å². The van der Waals surface area contributed by atoms with Crippen LogP contribution in [0.5, 0.6) is 0 Å². The smallest absolute Gasteiger partial charge is 0.268 e. The Balaban J connectivity index is 2.41. The van der Waals surface area contributed by atoms with E-state index in [1.165, 1.54) is 0 Å². The van der Waals surface area contributed by atoms with Crippen LogP contribution >= 0.6 is 11.6 Å². The number of carbonyl (C=O) groups is 1. The van der Waals surface area contributed by atoms with Crippen LogP contribution in [0.4, 0.5) is 0 Å². The molecular formula is C13H15ClN2O. The number of hydrogen-bond acceptors (Lipinski definition) is 1. The Hall–Kier alpha value is -1.48. The van der Waals surface area contributed by atoms with Crippen molar-refractivity contribution in [2.45, 2.75) is 20.3 Å². The van der Waals surface area contributed by atoms with Crippen molar-refractivity contribution in [1.82, 2.24) is 10.3 Å². The molecule has 0 saturated heterocycles. The minimum atomic E-state index is -0.0586. The summed E-state index contributed by atoms with van der Waals surface area (Å²) in [5, 5.41) is 4.57. The maximum Gasteiger partial charge on any atom is 0.268 e. The summed E-state index contributed by atoms with van der Waals surface area (Å²) in [5.74, 6) is -0.0586. The highest BCUT2D eigenvalue weighted by Crippen LogP contribution is 2.24. The Labute approximate surface area is 105 Å². The third-order valence-corrected chi connectivity index (χ3v) is 3.02. The molecule has 0 radical (unpaired) electrons. The SMILES string of the molecule is CCCNC(=O)c1[nH]c2cc(Cl)ccc2c1C. The van der Waals surface area contributed by atoms with Gasteiger partial charge in [0, 0.05) is 22.5 Å². The predicted molar refractivity (Wildman–Crippen MR) is 70.7 cm³/mol. The molecule has 1 aromatic heterocycles. The Morgan fingerprint density at radius 2 is 2.24 bits per heavy atom. The van der Waals surface area contributed by atoms with Crippen LogP contribution in [0.1, 0.15) is 29.4 Å². The number of rotatable bonds is 3. The van der Waals surface area contributed by atoms with Gasteiger partial charge in [-0.25, -0.2) is 0 Å². The fourth-order valence-electron chi connectivity index (χ4n) is 1.86. The van der Waals surface area contributed by atoms with Gasteiger partial charge in [-0.05, 0) is 31.0 Å². The molecule has 3 nitrogen and oxygen atoms in total. The van der Waals surface area contributed by atoms with Gasteiger partial charge in [0.1, 0.15) is 5.69 Å². The monoisotopic (exact) mass is 250 g/mol. The summed E-state index contributed by atoms with van der Waals surface area (Å²) >= 11 is 5.92. The number of aryl methyl sites for hydroxylation is 1. The van der Waals surface area contributed by atoms with E-state index in [0.717, 1.165) is 22.9 Å². The van der Waals surface area contributed by atoms with Gasteiger partial charge in [0.2, 0.25) is 0 Å². The van der Waals surface area contributed by atoms with Crippen molar-refractivity contribution >= 4 is 28.4 Å². The minimum absolute atomic E-state index is 0.0586. The van der Waals surface area contributed by atoms with Crippen LogP contribution in [0, 0.1) is 6.92 Å². The molecule has 0 spiro atoms. The van der Waals surface area contributed by atoms with Crippen molar-refractivity contribution in [2.75, 3.05) is 6.54 Å². The average molecular weight is 251 g/mol. The third kappa shape index (κ3) is 2.29. The maximum absolute atomic E-state index is 11.9. The Kier molecular flexibility index (Phi) is 3.38. The number of hydrogen-bond donors (Lipinski definition) is 2. The van der Waals surface area contributed by atoms with Crippen molar-refractivity contribution in [3.63, 3.8) is 0 Å². The molecule has 90 valence electrons. The number of aromatic nitrogens is 1. The van der Waals surface area contributed by atoms with Crippen molar-refractivity contribution in [3.05, 3.63) is 34.5 Å². The van der Waals surface area contributed by atoms with Crippen molar-refractivity contribution < 1.29 is 4.79 Å². The molecule has 0 unspecified atom stereocenters. The number of amides is 1. The molecule has 1 heterocycles. The first-order valence-corrected chi connectivity index (χ1v) is 6.07. The molecule has 1 aromatic carbocycles. The first kappa shape index (κ1) is 12.0. The highest BCUT2D eigenvalue weighted by Gasteiger charge is 2.13. The molecule has 2 aromatic rings. The number of benzene rings is 1. The van der Waals surface area contributed by atoms with Crippen LogP contribution in [-0.2, 0) is 0 Å². The Bertz CT molecular complexity index is 560. The summed E-state index contributed by atoms with van der Waals surface area (Å²) in [5.41, 5.74) is 2.48. The van der Waals surface area contributed by atoms with Crippen LogP contribution in [0.2, 0.25) is 5.02 Å². The molecule has 2 N–H and O–H groups in total. The van der Waals surface area contributed by atoms with E-state index in [4.69, 9.17) is 11.6 Å². The van der Waals surface area contributed by atoms with E-state index in [2.05, 4.69) is 10.3 Å². The molecule has 0 aliphatic carbocycles. The molecule has 0 bridgehead atoms. The molecule has 0 saturated carbocycles. The van der Waals surface area contributed by atoms with Gasteiger partial charge >= 0.3 is 0 Å². The van der Waals surface area contributed by atoms with E-state index in [-0.39, 0.29) is 5.91 Å². The number of fused-ring (bicyclic) bond motifs is 1. The number of H-pyrrole nitrogens is 1. The van der Waals surface area contributed by atoms with Gasteiger partial charge in [0.05, 0.1) is 0 Å². The summed E-state index contributed by atoms with van der Waals surface area (Å²) in [6.07, 6.45) is 0.927. The van der Waals surface area contributed by atoms with Gasteiger partial charge in [-0.3, -0.25) is 4.79 Å². The summed E-state index contributed by atoms with van der Waals surface area (Å²) in [7, 11) is 0. The average Bonchev–Trinajstić information content (AvgIpc) is 2.63. The highest BCUT2D eigenvalue weighted by molar-refractivity contribution is 6.31. The van der Waals surface area contributed by atoms with Crippen LogP contribution in [0.15, 0.2) is 18.2 Å². The molecule has 2 rings (SSSR count). The fraction of sp³-hybridized carbons (Fsp3) is 0.308. The molecule has 17 heavy (non-hydrogen) atoms. The largest absolute Gasteiger partial charge is 0.351 e. The van der Waals surface area contributed by atoms with Gasteiger partial charge in [-0.15, -0.1) is 0 Å². The minimum Gasteiger partial charge on any atom is -0.351 e. The quantitative estimate of drug-likeness (QED) is 0.863. The van der Waals surface area contributed by atoms with Crippen LogP contribution in [-0.4, -0.2) is 17.4 Å². The van der Waals surface area contributed by atoms with E-state index < -0.39 is 0 Å². The molecule has 1 amide bonds. The lowest BCUT2D eigenvalue weighted by atomic mass is 10.1. The first-order valence-electron chi connectivity index (χ1n) is 5.69. The van der Waals surface area contributed by atoms with Gasteiger partial charge in [0.25, 0.3) is 5.91 Å². The summed E-state index contributed by atoms with van der Waals surface area (Å²) in [4.78, 5) is 15.0. The lowest BCUT2D eigenvalue weighted by molar-refractivity contribution is 0.0949. The van der Waals surface area contributed by atoms with Gasteiger partial charge in [-0.1, -0.05) is 24.6 Å². The zero-order valence-corrected chi connectivity index (χ0v) is 10.7. The first-order chi connectivity index (χ1) is 8.13. The summed E-state index contributed by atoms with van der Waals surface area (Å²) in [6.45, 7) is 4.65. The molecule has 0 aliphatic rings. The molecule has 0 fully saturated rings. The zero-order chi connectivity index (χ0) is 12.4. The van der Waals surface area contributed by atoms with E-state index in [9.17, 15) is 4.79 Å². The fourth-order valence-corrected chi connectivity index (χ4v) is 2.04. The van der Waals surface area contributed by atoms with E-state index in [1.54, 1.807) is 0 Å². The van der Waals surface area contributed by atoms with Crippen molar-refractivity contribution in [1.29, 1.82) is 0 Å². The standard InChI is InChI=1S/C13H15ClN2O/c1-3-6-15-13(17)12-8(2)10-5-4-9(14)7-11(10)16-12/h4-5,7,16H,3,6H2,1-2H3,(H,15,17). The van der Waals surface area contributed by atoms with Gasteiger partial charge in [0.15, 0.2) is 0 Å². The molecular weight excluding hydrogens is 236 g/mol. The molecule has 0 atom stereocenters. The maximum atomic E-state index is 11.9. The number of carbonyl (C=O) groups excluding carboxylic acids is 1. The van der Waals surface area contributed by atoms with E-state index in [1.807, 2.05) is 32.0 Å². The van der Waals surface area contributed by atoms with Crippen molar-refractivity contribution in [2.24, 2.45) is 0 Å². The lowest BCUT2D eigenvalue weighted by Crippen LogP contribution is -2.24. The lowest BCUT2D eigenvalue weighted by Gasteiger charge is -2.01. The number of aromatic amines is 1. The predicted octanol–water partition coefficient (Wildman–Crippen LogP) is 3.27. The van der Waals surface area contributed by atoms with Crippen LogP contribution < -0.4 is 5.32 Å². The normalized spacial score (nSPS) is 10.8. The number of nitrogens with one attached hydrogen (secondary N) is 2. The summed E-state index contributed by atoms with van der Waals surface area (Å²) in [6, 6.07) is 5.60. The second-order valence-corrected chi connectivity index (χ2v) is 4.51. The van der Waals surface area contributed by atoms with Gasteiger partial charge in [-0.2, -0.15) is 0 Å². The number of halogens is 1. The van der Waals surface area contributed by atoms with E-state index in [0.29, 0.717) is 17.3 Å².